The van der Waals surface area contributed by atoms with Gasteiger partial charge in [-0.2, -0.15) is 0 Å². The van der Waals surface area contributed by atoms with E-state index in [-0.39, 0.29) is 11.2 Å². The lowest BCUT2D eigenvalue weighted by atomic mass is 9.71. The van der Waals surface area contributed by atoms with Crippen molar-refractivity contribution < 1.29 is 9.47 Å². The van der Waals surface area contributed by atoms with E-state index in [1.54, 1.807) is 0 Å². The van der Waals surface area contributed by atoms with Crippen LogP contribution in [0.4, 0.5) is 0 Å². The van der Waals surface area contributed by atoms with Crippen LogP contribution in [0.15, 0.2) is 0 Å². The second-order valence-electron chi connectivity index (χ2n) is 7.21. The third-order valence-corrected chi connectivity index (χ3v) is 6.12. The predicted molar refractivity (Wildman–Crippen MR) is 79.2 cm³/mol. The zero-order valence-corrected chi connectivity index (χ0v) is 12.8. The van der Waals surface area contributed by atoms with E-state index in [9.17, 15) is 0 Å². The molecule has 0 amide bonds. The van der Waals surface area contributed by atoms with Gasteiger partial charge in [-0.25, -0.2) is 0 Å². The molecular weight excluding hydrogens is 252 g/mol. The Labute approximate surface area is 122 Å². The minimum absolute atomic E-state index is 0.0954. The van der Waals surface area contributed by atoms with Crippen LogP contribution in [0, 0.1) is 5.92 Å². The molecule has 4 nitrogen and oxygen atoms in total. The maximum Gasteiger partial charge on any atom is 0.0694 e. The highest BCUT2D eigenvalue weighted by Gasteiger charge is 2.45. The van der Waals surface area contributed by atoms with Gasteiger partial charge in [-0.1, -0.05) is 12.8 Å². The van der Waals surface area contributed by atoms with Crippen LogP contribution in [-0.4, -0.2) is 31.0 Å². The molecule has 4 heteroatoms. The summed E-state index contributed by atoms with van der Waals surface area (Å²) in [5.41, 5.74) is 3.37. The Hall–Kier alpha value is -0.160. The van der Waals surface area contributed by atoms with E-state index in [2.05, 4.69) is 5.43 Å². The first-order chi connectivity index (χ1) is 9.71. The highest BCUT2D eigenvalue weighted by atomic mass is 16.5. The van der Waals surface area contributed by atoms with E-state index >= 15 is 0 Å². The van der Waals surface area contributed by atoms with Crippen molar-refractivity contribution >= 4 is 0 Å². The SMILES string of the molecule is COC1(CC(NN)C2CCOC3(CCCC3)C2)CCC1. The first kappa shape index (κ1) is 14.8. The molecule has 0 bridgehead atoms. The molecule has 2 saturated carbocycles. The molecule has 0 aromatic heterocycles. The molecule has 3 N–H and O–H groups in total. The molecule has 3 aliphatic rings. The average molecular weight is 282 g/mol. The topological polar surface area (TPSA) is 56.5 Å². The van der Waals surface area contributed by atoms with E-state index in [0.29, 0.717) is 12.0 Å². The summed E-state index contributed by atoms with van der Waals surface area (Å²) in [5.74, 6) is 6.52. The van der Waals surface area contributed by atoms with Crippen molar-refractivity contribution in [1.82, 2.24) is 5.43 Å². The standard InChI is InChI=1S/C16H30N2O2/c1-19-15(8-4-9-15)12-14(18-17)13-5-10-20-16(11-13)6-2-3-7-16/h13-14,18H,2-12,17H2,1H3. The third-order valence-electron chi connectivity index (χ3n) is 6.12. The van der Waals surface area contributed by atoms with Crippen molar-refractivity contribution in [2.24, 2.45) is 11.8 Å². The highest BCUT2D eigenvalue weighted by molar-refractivity contribution is 4.98. The van der Waals surface area contributed by atoms with E-state index in [0.717, 1.165) is 19.4 Å². The van der Waals surface area contributed by atoms with Crippen molar-refractivity contribution in [3.63, 3.8) is 0 Å². The molecule has 2 aliphatic carbocycles. The van der Waals surface area contributed by atoms with Gasteiger partial charge < -0.3 is 9.47 Å². The lowest BCUT2D eigenvalue weighted by Crippen LogP contribution is -2.53. The highest BCUT2D eigenvalue weighted by Crippen LogP contribution is 2.45. The molecular formula is C16H30N2O2. The molecule has 1 heterocycles. The van der Waals surface area contributed by atoms with Crippen LogP contribution < -0.4 is 11.3 Å². The fraction of sp³-hybridized carbons (Fsp3) is 1.00. The Kier molecular flexibility index (Phi) is 4.37. The Bertz CT molecular complexity index is 317. The maximum atomic E-state index is 6.15. The quantitative estimate of drug-likeness (QED) is 0.601. The van der Waals surface area contributed by atoms with Gasteiger partial charge in [-0.05, 0) is 57.3 Å². The fourth-order valence-corrected chi connectivity index (χ4v) is 4.60. The number of nitrogens with one attached hydrogen (secondary N) is 1. The lowest BCUT2D eigenvalue weighted by Gasteiger charge is -2.46. The Morgan fingerprint density at radius 3 is 2.55 bits per heavy atom. The average Bonchev–Trinajstić information content (AvgIpc) is 2.86. The number of methoxy groups -OCH3 is 1. The molecule has 0 aromatic rings. The van der Waals surface area contributed by atoms with Gasteiger partial charge >= 0.3 is 0 Å². The van der Waals surface area contributed by atoms with Crippen LogP contribution in [-0.2, 0) is 9.47 Å². The first-order valence-electron chi connectivity index (χ1n) is 8.36. The van der Waals surface area contributed by atoms with Gasteiger partial charge in [0.1, 0.15) is 0 Å². The minimum atomic E-state index is 0.0954. The molecule has 0 aromatic carbocycles. The zero-order valence-electron chi connectivity index (χ0n) is 12.8. The second-order valence-corrected chi connectivity index (χ2v) is 7.21. The lowest BCUT2D eigenvalue weighted by molar-refractivity contribution is -0.116. The molecule has 1 aliphatic heterocycles. The fourth-order valence-electron chi connectivity index (χ4n) is 4.60. The molecule has 3 fully saturated rings. The van der Waals surface area contributed by atoms with E-state index in [1.165, 1.54) is 51.4 Å². The van der Waals surface area contributed by atoms with Crippen LogP contribution in [0.5, 0.6) is 0 Å². The predicted octanol–water partition coefficient (Wildman–Crippen LogP) is 2.52. The van der Waals surface area contributed by atoms with Gasteiger partial charge in [0.2, 0.25) is 0 Å². The maximum absolute atomic E-state index is 6.15. The van der Waals surface area contributed by atoms with E-state index < -0.39 is 0 Å². The van der Waals surface area contributed by atoms with Gasteiger partial charge in [0, 0.05) is 19.8 Å². The van der Waals surface area contributed by atoms with Crippen LogP contribution in [0.25, 0.3) is 0 Å². The smallest absolute Gasteiger partial charge is 0.0694 e. The third kappa shape index (κ3) is 2.76. The summed E-state index contributed by atoms with van der Waals surface area (Å²) < 4.78 is 11.9. The van der Waals surface area contributed by atoms with Crippen molar-refractivity contribution in [2.75, 3.05) is 13.7 Å². The summed E-state index contributed by atoms with van der Waals surface area (Å²) in [7, 11) is 1.86. The summed E-state index contributed by atoms with van der Waals surface area (Å²) in [4.78, 5) is 0. The van der Waals surface area contributed by atoms with Crippen LogP contribution in [0.2, 0.25) is 0 Å². The number of ether oxygens (including phenoxy) is 2. The Morgan fingerprint density at radius 2 is 2.00 bits per heavy atom. The van der Waals surface area contributed by atoms with Crippen LogP contribution in [0.3, 0.4) is 0 Å². The summed E-state index contributed by atoms with van der Waals surface area (Å²) in [6, 6.07) is 0.372. The molecule has 20 heavy (non-hydrogen) atoms. The van der Waals surface area contributed by atoms with Gasteiger partial charge in [-0.3, -0.25) is 11.3 Å². The summed E-state index contributed by atoms with van der Waals surface area (Å²) >= 11 is 0. The van der Waals surface area contributed by atoms with Gasteiger partial charge in [-0.15, -0.1) is 0 Å². The van der Waals surface area contributed by atoms with Gasteiger partial charge in [0.25, 0.3) is 0 Å². The summed E-state index contributed by atoms with van der Waals surface area (Å²) in [6.07, 6.45) is 12.2. The molecule has 2 atom stereocenters. The molecule has 1 saturated heterocycles. The zero-order chi connectivity index (χ0) is 14.1. The second kappa shape index (κ2) is 5.91. The van der Waals surface area contributed by atoms with Crippen molar-refractivity contribution in [1.29, 1.82) is 0 Å². The minimum Gasteiger partial charge on any atom is -0.378 e. The van der Waals surface area contributed by atoms with Crippen molar-refractivity contribution in [3.8, 4) is 0 Å². The molecule has 3 rings (SSSR count). The Morgan fingerprint density at radius 1 is 1.25 bits per heavy atom. The van der Waals surface area contributed by atoms with Gasteiger partial charge in [0.15, 0.2) is 0 Å². The number of nitrogens with two attached hydrogens (primary N) is 1. The monoisotopic (exact) mass is 282 g/mol. The normalized spacial score (nSPS) is 33.0. The van der Waals surface area contributed by atoms with E-state index in [4.69, 9.17) is 15.3 Å². The number of hydrogen-bond donors (Lipinski definition) is 2. The van der Waals surface area contributed by atoms with E-state index in [1.807, 2.05) is 7.11 Å². The molecule has 0 radical (unpaired) electrons. The van der Waals surface area contributed by atoms with Crippen molar-refractivity contribution in [3.05, 3.63) is 0 Å². The van der Waals surface area contributed by atoms with Crippen LogP contribution >= 0.6 is 0 Å². The summed E-state index contributed by atoms with van der Waals surface area (Å²) in [5, 5.41) is 0. The first-order valence-corrected chi connectivity index (χ1v) is 8.36. The van der Waals surface area contributed by atoms with Crippen molar-refractivity contribution in [2.45, 2.75) is 81.5 Å². The Balaban J connectivity index is 1.63. The number of hydrazine groups is 1. The van der Waals surface area contributed by atoms with Crippen LogP contribution in [0.1, 0.15) is 64.2 Å². The molecule has 116 valence electrons. The number of hydrogen-bond acceptors (Lipinski definition) is 4. The van der Waals surface area contributed by atoms with Gasteiger partial charge in [0.05, 0.1) is 11.2 Å². The summed E-state index contributed by atoms with van der Waals surface area (Å²) in [6.45, 7) is 0.906. The largest absolute Gasteiger partial charge is 0.378 e. The molecule has 1 spiro atoms. The number of rotatable bonds is 5. The molecule has 2 unspecified atom stereocenters.